The smallest absolute Gasteiger partial charge is 0.227 e. The monoisotopic (exact) mass is 367 g/mol. The highest BCUT2D eigenvalue weighted by atomic mass is 35.5. The summed E-state index contributed by atoms with van der Waals surface area (Å²) in [6, 6.07) is -0.109. The van der Waals surface area contributed by atoms with Crippen LogP contribution in [0.25, 0.3) is 0 Å². The molecule has 2 atom stereocenters. The van der Waals surface area contributed by atoms with Gasteiger partial charge in [-0.15, -0.1) is 24.8 Å². The number of amides is 1. The van der Waals surface area contributed by atoms with Crippen LogP contribution in [-0.4, -0.2) is 58.1 Å². The number of piperazine rings is 1. The van der Waals surface area contributed by atoms with Crippen molar-refractivity contribution >= 4 is 30.7 Å². The molecule has 1 aliphatic heterocycles. The van der Waals surface area contributed by atoms with E-state index in [-0.39, 0.29) is 42.7 Å². The lowest BCUT2D eigenvalue weighted by atomic mass is 10.0. The zero-order chi connectivity index (χ0) is 15.4. The Morgan fingerprint density at radius 2 is 1.87 bits per heavy atom. The van der Waals surface area contributed by atoms with E-state index in [2.05, 4.69) is 15.0 Å². The van der Waals surface area contributed by atoms with Gasteiger partial charge in [-0.3, -0.25) is 9.69 Å². The van der Waals surface area contributed by atoms with Crippen molar-refractivity contribution in [3.8, 4) is 0 Å². The predicted octanol–water partition coefficient (Wildman–Crippen LogP) is 1.10. The molecular weight excluding hydrogens is 341 g/mol. The zero-order valence-corrected chi connectivity index (χ0v) is 15.5. The predicted molar refractivity (Wildman–Crippen MR) is 92.8 cm³/mol. The molecule has 2 heterocycles. The number of carbonyl (C=O) groups excluding carboxylic acids is 1. The molecule has 0 aromatic carbocycles. The second kappa shape index (κ2) is 10.1. The molecule has 2 unspecified atom stereocenters. The van der Waals surface area contributed by atoms with E-state index in [0.717, 1.165) is 38.4 Å². The molecule has 9 heteroatoms. The van der Waals surface area contributed by atoms with Crippen LogP contribution in [0.15, 0.2) is 4.52 Å². The van der Waals surface area contributed by atoms with Gasteiger partial charge in [-0.1, -0.05) is 19.0 Å². The largest absolute Gasteiger partial charge is 0.340 e. The maximum absolute atomic E-state index is 12.2. The average Bonchev–Trinajstić information content (AvgIpc) is 2.94. The van der Waals surface area contributed by atoms with Gasteiger partial charge in [0.1, 0.15) is 0 Å². The maximum atomic E-state index is 12.2. The molecule has 0 saturated carbocycles. The number of nitrogens with zero attached hydrogens (tertiary/aromatic N) is 4. The number of nitrogens with two attached hydrogens (primary N) is 1. The lowest BCUT2D eigenvalue weighted by molar-refractivity contribution is -0.137. The van der Waals surface area contributed by atoms with E-state index in [1.54, 1.807) is 0 Å². The second-order valence-corrected chi connectivity index (χ2v) is 5.71. The average molecular weight is 368 g/mol. The van der Waals surface area contributed by atoms with Gasteiger partial charge in [0, 0.05) is 38.6 Å². The normalized spacial score (nSPS) is 17.8. The van der Waals surface area contributed by atoms with Gasteiger partial charge >= 0.3 is 0 Å². The number of hydrogen-bond acceptors (Lipinski definition) is 6. The van der Waals surface area contributed by atoms with E-state index in [1.807, 2.05) is 25.7 Å². The number of aromatic nitrogens is 2. The summed E-state index contributed by atoms with van der Waals surface area (Å²) in [7, 11) is 0. The van der Waals surface area contributed by atoms with Crippen LogP contribution in [0.3, 0.4) is 0 Å². The maximum Gasteiger partial charge on any atom is 0.227 e. The quantitative estimate of drug-likeness (QED) is 0.838. The van der Waals surface area contributed by atoms with Crippen LogP contribution in [-0.2, 0) is 17.8 Å². The SMILES string of the molecule is CCc1nc(CN2CCN(C(=O)C(C)C(C)N)CC2)no1.Cl.Cl. The molecule has 0 aliphatic carbocycles. The Balaban J connectivity index is 0.00000242. The fourth-order valence-corrected chi connectivity index (χ4v) is 2.34. The van der Waals surface area contributed by atoms with E-state index in [4.69, 9.17) is 10.3 Å². The van der Waals surface area contributed by atoms with Crippen LogP contribution >= 0.6 is 24.8 Å². The first-order valence-corrected chi connectivity index (χ1v) is 7.59. The van der Waals surface area contributed by atoms with Gasteiger partial charge in [-0.05, 0) is 6.92 Å². The first-order valence-electron chi connectivity index (χ1n) is 7.59. The molecule has 1 fully saturated rings. The van der Waals surface area contributed by atoms with Crippen molar-refractivity contribution in [1.29, 1.82) is 0 Å². The van der Waals surface area contributed by atoms with Gasteiger partial charge < -0.3 is 15.2 Å². The van der Waals surface area contributed by atoms with Crippen molar-refractivity contribution in [2.45, 2.75) is 39.8 Å². The number of rotatable bonds is 5. The van der Waals surface area contributed by atoms with E-state index in [9.17, 15) is 4.79 Å². The molecule has 7 nitrogen and oxygen atoms in total. The Bertz CT molecular complexity index is 475. The molecule has 23 heavy (non-hydrogen) atoms. The van der Waals surface area contributed by atoms with Crippen molar-refractivity contribution in [3.05, 3.63) is 11.7 Å². The topological polar surface area (TPSA) is 88.5 Å². The highest BCUT2D eigenvalue weighted by Gasteiger charge is 2.27. The first-order chi connectivity index (χ1) is 10.0. The minimum absolute atomic E-state index is 0. The lowest BCUT2D eigenvalue weighted by Crippen LogP contribution is -2.51. The van der Waals surface area contributed by atoms with Gasteiger partial charge in [0.05, 0.1) is 12.5 Å². The summed E-state index contributed by atoms with van der Waals surface area (Å²) in [6.07, 6.45) is 0.754. The van der Waals surface area contributed by atoms with Gasteiger partial charge in [-0.25, -0.2) is 0 Å². The van der Waals surface area contributed by atoms with Crippen molar-refractivity contribution in [2.75, 3.05) is 26.2 Å². The Morgan fingerprint density at radius 3 is 2.35 bits per heavy atom. The second-order valence-electron chi connectivity index (χ2n) is 5.71. The standard InChI is InChI=1S/C14H25N5O2.2ClH/c1-4-13-16-12(17-21-13)9-18-5-7-19(8-6-18)14(20)10(2)11(3)15;;/h10-11H,4-9,15H2,1-3H3;2*1H. The first kappa shape index (κ1) is 22.1. The van der Waals surface area contributed by atoms with Crippen LogP contribution in [0.1, 0.15) is 32.5 Å². The lowest BCUT2D eigenvalue weighted by Gasteiger charge is -2.36. The fraction of sp³-hybridized carbons (Fsp3) is 0.786. The molecule has 2 N–H and O–H groups in total. The van der Waals surface area contributed by atoms with Crippen LogP contribution in [0, 0.1) is 5.92 Å². The highest BCUT2D eigenvalue weighted by Crippen LogP contribution is 2.11. The summed E-state index contributed by atoms with van der Waals surface area (Å²) in [6.45, 7) is 9.55. The molecule has 134 valence electrons. The summed E-state index contributed by atoms with van der Waals surface area (Å²) in [5, 5.41) is 3.96. The summed E-state index contributed by atoms with van der Waals surface area (Å²) in [4.78, 5) is 20.7. The summed E-state index contributed by atoms with van der Waals surface area (Å²) in [5.41, 5.74) is 5.80. The number of carbonyl (C=O) groups is 1. The Labute approximate surface area is 149 Å². The van der Waals surface area contributed by atoms with Gasteiger partial charge in [0.2, 0.25) is 11.8 Å². The highest BCUT2D eigenvalue weighted by molar-refractivity contribution is 5.85. The van der Waals surface area contributed by atoms with E-state index in [0.29, 0.717) is 12.4 Å². The molecule has 1 aromatic rings. The number of hydrogen-bond donors (Lipinski definition) is 1. The van der Waals surface area contributed by atoms with E-state index < -0.39 is 0 Å². The number of aryl methyl sites for hydroxylation is 1. The molecular formula is C14H27Cl2N5O2. The fourth-order valence-electron chi connectivity index (χ4n) is 2.34. The molecule has 1 aromatic heterocycles. The van der Waals surface area contributed by atoms with E-state index in [1.165, 1.54) is 0 Å². The Hall–Kier alpha value is -0.890. The summed E-state index contributed by atoms with van der Waals surface area (Å²) in [5.74, 6) is 1.42. The molecule has 0 spiro atoms. The van der Waals surface area contributed by atoms with Crippen LogP contribution in [0.5, 0.6) is 0 Å². The summed E-state index contributed by atoms with van der Waals surface area (Å²) >= 11 is 0. The minimum atomic E-state index is -0.124. The third-order valence-corrected chi connectivity index (χ3v) is 4.04. The van der Waals surface area contributed by atoms with Crippen LogP contribution in [0.4, 0.5) is 0 Å². The minimum Gasteiger partial charge on any atom is -0.340 e. The molecule has 1 saturated heterocycles. The van der Waals surface area contributed by atoms with Crippen molar-refractivity contribution in [2.24, 2.45) is 11.7 Å². The van der Waals surface area contributed by atoms with Crippen molar-refractivity contribution < 1.29 is 9.32 Å². The molecule has 0 bridgehead atoms. The Kier molecular flexibility index (Phi) is 9.68. The third kappa shape index (κ3) is 5.91. The van der Waals surface area contributed by atoms with Gasteiger partial charge in [-0.2, -0.15) is 4.98 Å². The molecule has 1 amide bonds. The van der Waals surface area contributed by atoms with E-state index >= 15 is 0 Å². The molecule has 1 aliphatic rings. The van der Waals surface area contributed by atoms with Gasteiger partial charge in [0.25, 0.3) is 0 Å². The van der Waals surface area contributed by atoms with Gasteiger partial charge in [0.15, 0.2) is 5.82 Å². The number of halogens is 2. The third-order valence-electron chi connectivity index (χ3n) is 4.04. The van der Waals surface area contributed by atoms with Crippen molar-refractivity contribution in [1.82, 2.24) is 19.9 Å². The molecule has 2 rings (SSSR count). The van der Waals surface area contributed by atoms with Crippen LogP contribution < -0.4 is 5.73 Å². The zero-order valence-electron chi connectivity index (χ0n) is 13.9. The summed E-state index contributed by atoms with van der Waals surface area (Å²) < 4.78 is 5.11. The molecule has 0 radical (unpaired) electrons. The Morgan fingerprint density at radius 1 is 1.26 bits per heavy atom. The van der Waals surface area contributed by atoms with Crippen LogP contribution in [0.2, 0.25) is 0 Å². The van der Waals surface area contributed by atoms with Crippen molar-refractivity contribution in [3.63, 3.8) is 0 Å².